The molecule has 2 aliphatic heterocycles. The topological polar surface area (TPSA) is 136 Å². The van der Waals surface area contributed by atoms with E-state index in [4.69, 9.17) is 9.72 Å². The Labute approximate surface area is 306 Å². The standard InChI is InChI=1S/C41H51N7O4/c1-26(2)36(46-41(51)52-3)40(50)48-23-9-12-35(48)38-43-25-34(45-38)30-19-15-28(16-20-30)27-13-17-29(18-14-27)33-24-42-37(44-33)31-10-5-6-11-32(31)39(49)47-21-7-4-8-22-47/h13-20,24-26,31-32,35-36H,4-12,21-23H2,1-3H3,(H,42,44)(H,43,45)(H,46,51)/t31-,32+,35-,36?/m0/s1. The summed E-state index contributed by atoms with van der Waals surface area (Å²) in [6.45, 7) is 6.23. The predicted molar refractivity (Wildman–Crippen MR) is 200 cm³/mol. The van der Waals surface area contributed by atoms with E-state index in [0.29, 0.717) is 12.5 Å². The van der Waals surface area contributed by atoms with Crippen molar-refractivity contribution in [3.8, 4) is 33.6 Å². The minimum Gasteiger partial charge on any atom is -0.453 e. The Morgan fingerprint density at radius 2 is 1.31 bits per heavy atom. The fourth-order valence-corrected chi connectivity index (χ4v) is 8.30. The van der Waals surface area contributed by atoms with Gasteiger partial charge in [0.1, 0.15) is 17.7 Å². The van der Waals surface area contributed by atoms with Crippen molar-refractivity contribution >= 4 is 17.9 Å². The summed E-state index contributed by atoms with van der Waals surface area (Å²) in [5.74, 6) is 1.96. The zero-order chi connectivity index (χ0) is 36.2. The summed E-state index contributed by atoms with van der Waals surface area (Å²) in [4.78, 5) is 59.4. The number of amides is 3. The van der Waals surface area contributed by atoms with Crippen molar-refractivity contribution in [2.75, 3.05) is 26.7 Å². The molecule has 4 aromatic rings. The van der Waals surface area contributed by atoms with Crippen LogP contribution in [0.5, 0.6) is 0 Å². The van der Waals surface area contributed by atoms with E-state index in [1.807, 2.05) is 31.1 Å². The molecule has 0 bridgehead atoms. The Kier molecular flexibility index (Phi) is 10.7. The second kappa shape index (κ2) is 15.8. The second-order valence-electron chi connectivity index (χ2n) is 14.9. The van der Waals surface area contributed by atoms with Gasteiger partial charge in [0.2, 0.25) is 11.8 Å². The number of aromatic nitrogens is 4. The van der Waals surface area contributed by atoms with Crippen LogP contribution in [0.4, 0.5) is 4.79 Å². The number of ether oxygens (including phenoxy) is 1. The first-order valence-corrected chi connectivity index (χ1v) is 19.1. The lowest BCUT2D eigenvalue weighted by Crippen LogP contribution is -2.51. The van der Waals surface area contributed by atoms with Crippen LogP contribution in [0.25, 0.3) is 33.6 Å². The third kappa shape index (κ3) is 7.49. The van der Waals surface area contributed by atoms with Crippen molar-refractivity contribution in [2.24, 2.45) is 11.8 Å². The molecule has 1 aliphatic carbocycles. The summed E-state index contributed by atoms with van der Waals surface area (Å²) >= 11 is 0. The lowest BCUT2D eigenvalue weighted by molar-refractivity contribution is -0.138. The van der Waals surface area contributed by atoms with E-state index in [1.165, 1.54) is 13.5 Å². The second-order valence-corrected chi connectivity index (χ2v) is 14.9. The number of aromatic amines is 2. The molecule has 1 saturated carbocycles. The molecule has 3 aliphatic rings. The summed E-state index contributed by atoms with van der Waals surface area (Å²) in [5, 5.41) is 2.70. The minimum absolute atomic E-state index is 0.0190. The highest BCUT2D eigenvalue weighted by Crippen LogP contribution is 2.39. The van der Waals surface area contributed by atoms with Gasteiger partial charge in [-0.1, -0.05) is 75.2 Å². The number of methoxy groups -OCH3 is 1. The molecule has 11 heteroatoms. The molecule has 2 aromatic heterocycles. The third-order valence-corrected chi connectivity index (χ3v) is 11.3. The molecule has 3 amide bonds. The van der Waals surface area contributed by atoms with Crippen molar-refractivity contribution < 1.29 is 19.1 Å². The summed E-state index contributed by atoms with van der Waals surface area (Å²) in [7, 11) is 1.30. The quantitative estimate of drug-likeness (QED) is 0.165. The van der Waals surface area contributed by atoms with Crippen LogP contribution in [0, 0.1) is 11.8 Å². The molecule has 3 N–H and O–H groups in total. The van der Waals surface area contributed by atoms with E-state index in [9.17, 15) is 14.4 Å². The SMILES string of the molecule is COC(=O)NC(C(=O)N1CCC[C@H]1c1ncc(-c2ccc(-c3ccc(-c4cnc([C@H]5CCCC[C@H]5C(=O)N5CCCCC5)[nH]4)cc3)cc2)[nH]1)C(C)C. The lowest BCUT2D eigenvalue weighted by Gasteiger charge is -2.35. The monoisotopic (exact) mass is 705 g/mol. The zero-order valence-corrected chi connectivity index (χ0v) is 30.6. The van der Waals surface area contributed by atoms with Crippen molar-refractivity contribution in [1.29, 1.82) is 0 Å². The van der Waals surface area contributed by atoms with Gasteiger partial charge in [0.15, 0.2) is 0 Å². The lowest BCUT2D eigenvalue weighted by atomic mass is 9.77. The number of carbonyl (C=O) groups excluding carboxylic acids is 3. The number of H-pyrrole nitrogens is 2. The van der Waals surface area contributed by atoms with Gasteiger partial charge in [0.25, 0.3) is 0 Å². The molecule has 2 saturated heterocycles. The molecular weight excluding hydrogens is 654 g/mol. The van der Waals surface area contributed by atoms with Crippen LogP contribution in [-0.2, 0) is 14.3 Å². The van der Waals surface area contributed by atoms with Crippen LogP contribution in [-0.4, -0.2) is 80.4 Å². The van der Waals surface area contributed by atoms with Gasteiger partial charge in [0.05, 0.1) is 36.9 Å². The van der Waals surface area contributed by atoms with E-state index in [2.05, 4.69) is 73.7 Å². The molecule has 4 heterocycles. The van der Waals surface area contributed by atoms with E-state index in [1.54, 1.807) is 0 Å². The van der Waals surface area contributed by atoms with Crippen molar-refractivity contribution in [3.63, 3.8) is 0 Å². The fraction of sp³-hybridized carbons (Fsp3) is 0.488. The molecule has 3 fully saturated rings. The molecule has 7 rings (SSSR count). The van der Waals surface area contributed by atoms with Gasteiger partial charge in [-0.25, -0.2) is 14.8 Å². The molecule has 11 nitrogen and oxygen atoms in total. The summed E-state index contributed by atoms with van der Waals surface area (Å²) in [5.41, 5.74) is 6.15. The largest absolute Gasteiger partial charge is 0.453 e. The van der Waals surface area contributed by atoms with E-state index >= 15 is 0 Å². The summed E-state index contributed by atoms with van der Waals surface area (Å²) < 4.78 is 4.76. The molecular formula is C41H51N7O4. The van der Waals surface area contributed by atoms with E-state index < -0.39 is 12.1 Å². The minimum atomic E-state index is -0.670. The predicted octanol–water partition coefficient (Wildman–Crippen LogP) is 7.46. The maximum atomic E-state index is 13.5. The van der Waals surface area contributed by atoms with Crippen LogP contribution >= 0.6 is 0 Å². The molecule has 4 atom stereocenters. The van der Waals surface area contributed by atoms with Crippen LogP contribution in [0.2, 0.25) is 0 Å². The first kappa shape index (κ1) is 35.5. The Morgan fingerprint density at radius 1 is 0.731 bits per heavy atom. The highest BCUT2D eigenvalue weighted by atomic mass is 16.5. The Morgan fingerprint density at radius 3 is 1.92 bits per heavy atom. The summed E-state index contributed by atoms with van der Waals surface area (Å²) in [6.07, 6.45) is 12.4. The number of hydrogen-bond acceptors (Lipinski definition) is 6. The number of alkyl carbamates (subject to hydrolysis) is 1. The van der Waals surface area contributed by atoms with Gasteiger partial charge in [-0.3, -0.25) is 9.59 Å². The third-order valence-electron chi connectivity index (χ3n) is 11.3. The Bertz CT molecular complexity index is 1840. The Balaban J connectivity index is 1.00. The molecule has 274 valence electrons. The zero-order valence-electron chi connectivity index (χ0n) is 30.6. The van der Waals surface area contributed by atoms with Gasteiger partial charge < -0.3 is 29.8 Å². The van der Waals surface area contributed by atoms with Gasteiger partial charge in [0, 0.05) is 31.5 Å². The normalized spacial score (nSPS) is 21.3. The maximum Gasteiger partial charge on any atom is 0.407 e. The van der Waals surface area contributed by atoms with Gasteiger partial charge in [-0.15, -0.1) is 0 Å². The first-order chi connectivity index (χ1) is 25.3. The van der Waals surface area contributed by atoms with Crippen LogP contribution in [0.1, 0.15) is 95.2 Å². The average molecular weight is 706 g/mol. The van der Waals surface area contributed by atoms with Gasteiger partial charge >= 0.3 is 6.09 Å². The molecule has 1 unspecified atom stereocenters. The van der Waals surface area contributed by atoms with Gasteiger partial charge in [-0.05, 0) is 73.1 Å². The molecule has 0 radical (unpaired) electrons. The number of nitrogens with zero attached hydrogens (tertiary/aromatic N) is 4. The van der Waals surface area contributed by atoms with Crippen LogP contribution in [0.3, 0.4) is 0 Å². The number of imidazole rings is 2. The highest BCUT2D eigenvalue weighted by molar-refractivity contribution is 5.86. The highest BCUT2D eigenvalue weighted by Gasteiger charge is 2.38. The van der Waals surface area contributed by atoms with Crippen molar-refractivity contribution in [3.05, 3.63) is 72.6 Å². The van der Waals surface area contributed by atoms with Crippen molar-refractivity contribution in [1.82, 2.24) is 35.1 Å². The number of benzene rings is 2. The van der Waals surface area contributed by atoms with E-state index in [-0.39, 0.29) is 29.7 Å². The Hall–Kier alpha value is -4.93. The van der Waals surface area contributed by atoms with Crippen LogP contribution < -0.4 is 5.32 Å². The van der Waals surface area contributed by atoms with Gasteiger partial charge in [-0.2, -0.15) is 0 Å². The fourth-order valence-electron chi connectivity index (χ4n) is 8.30. The van der Waals surface area contributed by atoms with E-state index in [0.717, 1.165) is 110 Å². The number of hydrogen-bond donors (Lipinski definition) is 3. The van der Waals surface area contributed by atoms with Crippen molar-refractivity contribution in [2.45, 2.75) is 89.6 Å². The first-order valence-electron chi connectivity index (χ1n) is 19.1. The molecule has 0 spiro atoms. The summed E-state index contributed by atoms with van der Waals surface area (Å²) in [6, 6.07) is 16.0. The number of nitrogens with one attached hydrogen (secondary N) is 3. The smallest absolute Gasteiger partial charge is 0.407 e. The van der Waals surface area contributed by atoms with Crippen LogP contribution in [0.15, 0.2) is 60.9 Å². The molecule has 52 heavy (non-hydrogen) atoms. The number of rotatable bonds is 9. The number of carbonyl (C=O) groups is 3. The maximum absolute atomic E-state index is 13.5. The average Bonchev–Trinajstić information content (AvgIpc) is 3.99. The number of piperidine rings is 1. The number of likely N-dealkylation sites (tertiary alicyclic amines) is 2. The molecule has 2 aromatic carbocycles.